The Balaban J connectivity index is 1.83. The number of ketones is 1. The van der Waals surface area contributed by atoms with Crippen LogP contribution in [0.2, 0.25) is 0 Å². The number of benzene rings is 2. The molecule has 2 aromatic rings. The summed E-state index contributed by atoms with van der Waals surface area (Å²) in [5.74, 6) is 0.281. The second-order valence-corrected chi connectivity index (χ2v) is 6.69. The molecule has 0 N–H and O–H groups in total. The number of carbonyl (C=O) groups is 1. The highest BCUT2D eigenvalue weighted by Crippen LogP contribution is 2.40. The summed E-state index contributed by atoms with van der Waals surface area (Å²) in [5, 5.41) is 2.48. The summed E-state index contributed by atoms with van der Waals surface area (Å²) < 4.78 is 0. The lowest BCUT2D eigenvalue weighted by Crippen LogP contribution is -2.52. The molecule has 0 spiro atoms. The van der Waals surface area contributed by atoms with E-state index < -0.39 is 5.54 Å². The van der Waals surface area contributed by atoms with Gasteiger partial charge in [-0.1, -0.05) is 56.0 Å². The molecule has 0 atom stereocenters. The van der Waals surface area contributed by atoms with Crippen molar-refractivity contribution in [3.8, 4) is 0 Å². The quantitative estimate of drug-likeness (QED) is 0.828. The van der Waals surface area contributed by atoms with Crippen molar-refractivity contribution in [1.29, 1.82) is 0 Å². The van der Waals surface area contributed by atoms with Crippen molar-refractivity contribution >= 4 is 16.6 Å². The molecule has 0 saturated carbocycles. The monoisotopic (exact) mass is 315 g/mol. The molecule has 24 heavy (non-hydrogen) atoms. The highest BCUT2D eigenvalue weighted by molar-refractivity contribution is 5.92. The maximum atomic E-state index is 13.0. The van der Waals surface area contributed by atoms with Gasteiger partial charge in [0.05, 0.1) is 0 Å². The van der Waals surface area contributed by atoms with E-state index in [4.69, 9.17) is 0 Å². The lowest BCUT2D eigenvalue weighted by molar-refractivity contribution is -0.128. The summed E-state index contributed by atoms with van der Waals surface area (Å²) in [5.41, 5.74) is 2.92. The Hall–Kier alpha value is -2.61. The number of nitrogens with zero attached hydrogens (tertiary/aromatic N) is 1. The van der Waals surface area contributed by atoms with Crippen LogP contribution in [0.4, 0.5) is 0 Å². The number of rotatable bonds is 3. The third kappa shape index (κ3) is 2.14. The Bertz CT molecular complexity index is 859. The maximum Gasteiger partial charge on any atom is 0.159 e. The number of carbonyl (C=O) groups excluding carboxylic acids is 1. The Morgan fingerprint density at radius 3 is 2.29 bits per heavy atom. The zero-order valence-corrected chi connectivity index (χ0v) is 14.0. The maximum absolute atomic E-state index is 13.0. The second-order valence-electron chi connectivity index (χ2n) is 6.69. The normalized spacial score (nSPS) is 18.2. The zero-order valence-electron chi connectivity index (χ0n) is 14.0. The van der Waals surface area contributed by atoms with Crippen LogP contribution in [0.5, 0.6) is 0 Å². The van der Waals surface area contributed by atoms with Crippen molar-refractivity contribution < 1.29 is 4.79 Å². The van der Waals surface area contributed by atoms with Crippen LogP contribution in [0.3, 0.4) is 0 Å². The molecule has 0 unspecified atom stereocenters. The molecule has 2 heteroatoms. The minimum atomic E-state index is -0.535. The van der Waals surface area contributed by atoms with Gasteiger partial charge in [0.15, 0.2) is 5.78 Å². The Kier molecular flexibility index (Phi) is 3.42. The molecule has 1 aliphatic heterocycles. The lowest BCUT2D eigenvalue weighted by atomic mass is 9.86. The standard InChI is InChI=1S/C22H21NO/c1-3-21(24)22(23-11-7-6-8-16(23)2)14-19-12-17-9-4-5-10-18(17)13-20(19)15-22/h4-13H,2-3,14-15H2,1H3. The van der Waals surface area contributed by atoms with Crippen molar-refractivity contribution in [3.63, 3.8) is 0 Å². The van der Waals surface area contributed by atoms with Crippen LogP contribution in [0.15, 0.2) is 73.1 Å². The summed E-state index contributed by atoms with van der Waals surface area (Å²) in [6, 6.07) is 12.9. The SMILES string of the molecule is C=C1C=CC=CN1C1(C(=O)CC)Cc2cc3ccccc3cc2C1. The van der Waals surface area contributed by atoms with E-state index in [0.717, 1.165) is 18.5 Å². The minimum Gasteiger partial charge on any atom is -0.335 e. The van der Waals surface area contributed by atoms with Crippen molar-refractivity contribution in [1.82, 2.24) is 4.90 Å². The van der Waals surface area contributed by atoms with Crippen molar-refractivity contribution in [2.75, 3.05) is 0 Å². The van der Waals surface area contributed by atoms with E-state index in [-0.39, 0.29) is 5.78 Å². The van der Waals surface area contributed by atoms with Crippen molar-refractivity contribution in [3.05, 3.63) is 84.2 Å². The fourth-order valence-corrected chi connectivity index (χ4v) is 4.08. The van der Waals surface area contributed by atoms with E-state index in [2.05, 4.69) is 47.9 Å². The number of hydrogen-bond acceptors (Lipinski definition) is 2. The number of allylic oxidation sites excluding steroid dienone is 3. The third-order valence-corrected chi connectivity index (χ3v) is 5.28. The summed E-state index contributed by atoms with van der Waals surface area (Å²) >= 11 is 0. The number of hydrogen-bond donors (Lipinski definition) is 0. The van der Waals surface area contributed by atoms with E-state index in [0.29, 0.717) is 6.42 Å². The van der Waals surface area contributed by atoms with Gasteiger partial charge in [-0.25, -0.2) is 0 Å². The van der Waals surface area contributed by atoms with Crippen LogP contribution in [-0.4, -0.2) is 16.2 Å². The number of fused-ring (bicyclic) bond motifs is 2. The lowest BCUT2D eigenvalue weighted by Gasteiger charge is -2.40. The van der Waals surface area contributed by atoms with Crippen LogP contribution >= 0.6 is 0 Å². The molecule has 0 radical (unpaired) electrons. The van der Waals surface area contributed by atoms with Crippen LogP contribution in [0.25, 0.3) is 10.8 Å². The van der Waals surface area contributed by atoms with Gasteiger partial charge in [0.1, 0.15) is 5.54 Å². The molecule has 0 saturated heterocycles. The second kappa shape index (κ2) is 5.48. The molecule has 0 amide bonds. The molecule has 2 aromatic carbocycles. The molecule has 1 aliphatic carbocycles. The van der Waals surface area contributed by atoms with Gasteiger partial charge in [0.2, 0.25) is 0 Å². The van der Waals surface area contributed by atoms with Gasteiger partial charge in [-0.3, -0.25) is 4.79 Å². The van der Waals surface area contributed by atoms with Crippen LogP contribution in [0.1, 0.15) is 24.5 Å². The van der Waals surface area contributed by atoms with Crippen LogP contribution in [0, 0.1) is 0 Å². The van der Waals surface area contributed by atoms with Gasteiger partial charge in [0.25, 0.3) is 0 Å². The Morgan fingerprint density at radius 2 is 1.75 bits per heavy atom. The van der Waals surface area contributed by atoms with Crippen molar-refractivity contribution in [2.45, 2.75) is 31.7 Å². The first-order valence-electron chi connectivity index (χ1n) is 8.51. The van der Waals surface area contributed by atoms with E-state index in [9.17, 15) is 4.79 Å². The van der Waals surface area contributed by atoms with E-state index in [1.807, 2.05) is 31.4 Å². The summed E-state index contributed by atoms with van der Waals surface area (Å²) in [6.07, 6.45) is 9.97. The zero-order chi connectivity index (χ0) is 16.7. The average molecular weight is 315 g/mol. The van der Waals surface area contributed by atoms with E-state index in [1.165, 1.54) is 21.9 Å². The largest absolute Gasteiger partial charge is 0.335 e. The summed E-state index contributed by atoms with van der Waals surface area (Å²) in [7, 11) is 0. The van der Waals surface area contributed by atoms with Crippen LogP contribution in [-0.2, 0) is 17.6 Å². The van der Waals surface area contributed by atoms with Crippen molar-refractivity contribution in [2.24, 2.45) is 0 Å². The topological polar surface area (TPSA) is 20.3 Å². The summed E-state index contributed by atoms with van der Waals surface area (Å²) in [6.45, 7) is 6.11. The predicted molar refractivity (Wildman–Crippen MR) is 98.6 cm³/mol. The highest BCUT2D eigenvalue weighted by Gasteiger charge is 2.47. The first-order valence-corrected chi connectivity index (χ1v) is 8.51. The molecule has 4 rings (SSSR count). The fraction of sp³-hybridized carbons (Fsp3) is 0.227. The minimum absolute atomic E-state index is 0.281. The molecule has 120 valence electrons. The molecule has 1 heterocycles. The molecule has 0 fully saturated rings. The smallest absolute Gasteiger partial charge is 0.159 e. The van der Waals surface area contributed by atoms with Gasteiger partial charge in [-0.15, -0.1) is 0 Å². The van der Waals surface area contributed by atoms with Gasteiger partial charge < -0.3 is 4.90 Å². The molecule has 2 aliphatic rings. The average Bonchev–Trinajstić information content (AvgIpc) is 2.98. The highest BCUT2D eigenvalue weighted by atomic mass is 16.1. The Labute approximate surface area is 142 Å². The fourth-order valence-electron chi connectivity index (χ4n) is 4.08. The molecule has 2 nitrogen and oxygen atoms in total. The molecule has 0 bridgehead atoms. The summed E-state index contributed by atoms with van der Waals surface area (Å²) in [4.78, 5) is 15.1. The van der Waals surface area contributed by atoms with E-state index in [1.54, 1.807) is 0 Å². The first-order chi connectivity index (χ1) is 11.6. The van der Waals surface area contributed by atoms with E-state index >= 15 is 0 Å². The Morgan fingerprint density at radius 1 is 1.12 bits per heavy atom. The molecular formula is C22H21NO. The van der Waals surface area contributed by atoms with Crippen LogP contribution < -0.4 is 0 Å². The molecular weight excluding hydrogens is 294 g/mol. The first kappa shape index (κ1) is 14.9. The van der Waals surface area contributed by atoms with Gasteiger partial charge in [0, 0.05) is 31.2 Å². The predicted octanol–water partition coefficient (Wildman–Crippen LogP) is 4.56. The molecule has 0 aromatic heterocycles. The van der Waals surface area contributed by atoms with Gasteiger partial charge in [-0.2, -0.15) is 0 Å². The number of Topliss-reactive ketones (excluding diaryl/α,β-unsaturated/α-hetero) is 1. The van der Waals surface area contributed by atoms with Gasteiger partial charge in [-0.05, 0) is 34.1 Å². The van der Waals surface area contributed by atoms with Gasteiger partial charge >= 0.3 is 0 Å². The third-order valence-electron chi connectivity index (χ3n) is 5.28.